The molecule has 0 spiro atoms. The molecule has 1 heterocycles. The van der Waals surface area contributed by atoms with Gasteiger partial charge in [0, 0.05) is 50.6 Å². The summed E-state index contributed by atoms with van der Waals surface area (Å²) in [5.41, 5.74) is 22.3. The van der Waals surface area contributed by atoms with Gasteiger partial charge in [-0.2, -0.15) is 0 Å². The van der Waals surface area contributed by atoms with E-state index < -0.39 is 0 Å². The number of aromatic nitrogens is 1. The highest BCUT2D eigenvalue weighted by molar-refractivity contribution is 6.21. The van der Waals surface area contributed by atoms with Crippen molar-refractivity contribution >= 4 is 77.5 Å². The second-order valence-corrected chi connectivity index (χ2v) is 20.6. The van der Waals surface area contributed by atoms with Gasteiger partial charge in [0.15, 0.2) is 0 Å². The molecule has 3 heteroatoms. The van der Waals surface area contributed by atoms with Gasteiger partial charge in [0.25, 0.3) is 0 Å². The fourth-order valence-corrected chi connectivity index (χ4v) is 12.0. The van der Waals surface area contributed by atoms with Crippen LogP contribution in [-0.2, 0) is 0 Å². The van der Waals surface area contributed by atoms with Gasteiger partial charge in [-0.25, -0.2) is 0 Å². The summed E-state index contributed by atoms with van der Waals surface area (Å²) in [5, 5.41) is 7.41. The molecule has 0 amide bonds. The van der Waals surface area contributed by atoms with E-state index in [0.717, 1.165) is 62.0 Å². The van der Waals surface area contributed by atoms with E-state index in [1.807, 2.05) is 0 Å². The van der Waals surface area contributed by atoms with Crippen molar-refractivity contribution in [2.75, 3.05) is 9.80 Å². The van der Waals surface area contributed by atoms with Gasteiger partial charge in [0.2, 0.25) is 0 Å². The Morgan fingerprint density at radius 1 is 0.241 bits per heavy atom. The third-order valence-corrected chi connectivity index (χ3v) is 15.8. The molecule has 0 N–H and O–H groups in total. The minimum atomic E-state index is 1.11. The first-order chi connectivity index (χ1) is 39.0. The minimum absolute atomic E-state index is 1.11. The van der Waals surface area contributed by atoms with Crippen LogP contribution in [0.1, 0.15) is 11.1 Å². The van der Waals surface area contributed by atoms with Crippen LogP contribution in [0.3, 0.4) is 0 Å². The Balaban J connectivity index is 0.895. The third-order valence-electron chi connectivity index (χ3n) is 15.8. The number of benzene rings is 13. The second kappa shape index (κ2) is 20.1. The molecule has 1 aromatic heterocycles. The number of aryl methyl sites for hydroxylation is 2. The number of nitrogens with zero attached hydrogens (tertiary/aromatic N) is 3. The van der Waals surface area contributed by atoms with Gasteiger partial charge < -0.3 is 14.4 Å². The molecule has 0 aliphatic heterocycles. The van der Waals surface area contributed by atoms with Crippen molar-refractivity contribution in [1.29, 1.82) is 0 Å². The number of para-hydroxylation sites is 4. The Kier molecular flexibility index (Phi) is 12.0. The molecule has 0 saturated carbocycles. The summed E-state index contributed by atoms with van der Waals surface area (Å²) in [6.45, 7) is 4.36. The molecule has 374 valence electrons. The van der Waals surface area contributed by atoms with Crippen LogP contribution < -0.4 is 9.80 Å². The summed E-state index contributed by atoms with van der Waals surface area (Å²) in [4.78, 5) is 4.70. The fourth-order valence-electron chi connectivity index (χ4n) is 12.0. The lowest BCUT2D eigenvalue weighted by Gasteiger charge is -2.27. The van der Waals surface area contributed by atoms with Crippen LogP contribution in [0.4, 0.5) is 34.1 Å². The summed E-state index contributed by atoms with van der Waals surface area (Å²) >= 11 is 0. The largest absolute Gasteiger partial charge is 0.310 e. The van der Waals surface area contributed by atoms with Crippen molar-refractivity contribution in [2.45, 2.75) is 13.8 Å². The zero-order valence-electron chi connectivity index (χ0n) is 44.1. The van der Waals surface area contributed by atoms with Gasteiger partial charge in [-0.05, 0) is 188 Å². The Labute approximate surface area is 461 Å². The van der Waals surface area contributed by atoms with Crippen molar-refractivity contribution in [1.82, 2.24) is 4.57 Å². The topological polar surface area (TPSA) is 11.4 Å². The maximum Gasteiger partial charge on any atom is 0.0541 e. The van der Waals surface area contributed by atoms with Crippen molar-refractivity contribution in [3.8, 4) is 50.2 Å². The lowest BCUT2D eigenvalue weighted by Crippen LogP contribution is -2.11. The Bertz CT molecular complexity index is 4280. The Hall–Kier alpha value is -10.2. The number of hydrogen-bond acceptors (Lipinski definition) is 2. The smallest absolute Gasteiger partial charge is 0.0541 e. The highest BCUT2D eigenvalue weighted by Gasteiger charge is 2.21. The molecule has 0 fully saturated rings. The first kappa shape index (κ1) is 47.2. The van der Waals surface area contributed by atoms with Crippen LogP contribution in [-0.4, -0.2) is 4.57 Å². The van der Waals surface area contributed by atoms with E-state index in [1.165, 1.54) is 76.8 Å². The minimum Gasteiger partial charge on any atom is -0.310 e. The molecular formula is C76H55N3. The summed E-state index contributed by atoms with van der Waals surface area (Å²) in [6, 6.07) is 108. The Morgan fingerprint density at radius 3 is 0.962 bits per heavy atom. The molecule has 14 aromatic rings. The molecule has 0 radical (unpaired) electrons. The SMILES string of the molecule is Cc1ccccc1N(c1ccccc1)c1ccc(-c2ccc3c(c2)c2cc(-c4ccc(N(c5ccccc5)c5ccccc5C)cc4)ccc2n3-c2ccc(-c3c4ccccc4c(-c4ccccc4)c4ccccc34)cc2)cc1. The summed E-state index contributed by atoms with van der Waals surface area (Å²) in [7, 11) is 0. The lowest BCUT2D eigenvalue weighted by atomic mass is 9.86. The van der Waals surface area contributed by atoms with Crippen LogP contribution >= 0.6 is 0 Å². The zero-order valence-corrected chi connectivity index (χ0v) is 44.1. The summed E-state index contributed by atoms with van der Waals surface area (Å²) in [5.74, 6) is 0. The molecule has 3 nitrogen and oxygen atoms in total. The zero-order chi connectivity index (χ0) is 52.8. The third kappa shape index (κ3) is 8.50. The summed E-state index contributed by atoms with van der Waals surface area (Å²) in [6.07, 6.45) is 0. The van der Waals surface area contributed by atoms with E-state index in [1.54, 1.807) is 0 Å². The molecule has 0 unspecified atom stereocenters. The van der Waals surface area contributed by atoms with E-state index in [-0.39, 0.29) is 0 Å². The van der Waals surface area contributed by atoms with Crippen LogP contribution in [0, 0.1) is 13.8 Å². The van der Waals surface area contributed by atoms with E-state index in [0.29, 0.717) is 0 Å². The molecule has 0 atom stereocenters. The van der Waals surface area contributed by atoms with E-state index in [9.17, 15) is 0 Å². The predicted molar refractivity (Wildman–Crippen MR) is 336 cm³/mol. The maximum absolute atomic E-state index is 2.45. The average Bonchev–Trinajstić information content (AvgIpc) is 4.06. The summed E-state index contributed by atoms with van der Waals surface area (Å²) < 4.78 is 2.45. The predicted octanol–water partition coefficient (Wildman–Crippen LogP) is 21.3. The molecule has 0 bridgehead atoms. The first-order valence-corrected chi connectivity index (χ1v) is 27.2. The second-order valence-electron chi connectivity index (χ2n) is 20.6. The highest BCUT2D eigenvalue weighted by Crippen LogP contribution is 2.46. The number of anilines is 6. The van der Waals surface area contributed by atoms with Gasteiger partial charge in [-0.15, -0.1) is 0 Å². The molecule has 0 saturated heterocycles. The van der Waals surface area contributed by atoms with Crippen LogP contribution in [0.2, 0.25) is 0 Å². The lowest BCUT2D eigenvalue weighted by molar-refractivity contribution is 1.18. The van der Waals surface area contributed by atoms with Crippen LogP contribution in [0.15, 0.2) is 297 Å². The first-order valence-electron chi connectivity index (χ1n) is 27.2. The molecule has 79 heavy (non-hydrogen) atoms. The van der Waals surface area contributed by atoms with Crippen LogP contribution in [0.25, 0.3) is 93.5 Å². The molecule has 0 aliphatic carbocycles. The Morgan fingerprint density at radius 2 is 0.557 bits per heavy atom. The van der Waals surface area contributed by atoms with Crippen molar-refractivity contribution in [2.24, 2.45) is 0 Å². The maximum atomic E-state index is 2.45. The van der Waals surface area contributed by atoms with Crippen molar-refractivity contribution in [3.63, 3.8) is 0 Å². The van der Waals surface area contributed by atoms with Gasteiger partial charge in [-0.3, -0.25) is 0 Å². The number of hydrogen-bond donors (Lipinski definition) is 0. The van der Waals surface area contributed by atoms with Gasteiger partial charge in [0.1, 0.15) is 0 Å². The van der Waals surface area contributed by atoms with E-state index in [4.69, 9.17) is 0 Å². The number of fused-ring (bicyclic) bond motifs is 5. The van der Waals surface area contributed by atoms with Gasteiger partial charge in [-0.1, -0.05) is 200 Å². The number of rotatable bonds is 11. The standard InChI is InChI=1S/C76H55N3/c1-52-20-12-18-32-71(52)77(60-24-8-4-9-25-60)62-42-34-54(35-43-62)58-40-48-73-69(50-58)70-51-59(55-36-44-63(45-37-55)78(61-26-10-5-11-27-61)72-33-19-13-21-53(72)2)41-49-74(70)79(73)64-46-38-57(39-47-64)76-67-30-16-14-28-65(67)75(56-22-6-3-7-23-56)66-29-15-17-31-68(66)76/h3-51H,1-2H3. The van der Waals surface area contributed by atoms with Gasteiger partial charge in [0.05, 0.1) is 11.0 Å². The molecular weight excluding hydrogens is 955 g/mol. The van der Waals surface area contributed by atoms with Crippen molar-refractivity contribution in [3.05, 3.63) is 308 Å². The van der Waals surface area contributed by atoms with Crippen LogP contribution in [0.5, 0.6) is 0 Å². The average molecular weight is 1010 g/mol. The molecule has 13 aromatic carbocycles. The highest BCUT2D eigenvalue weighted by atomic mass is 15.1. The quantitative estimate of drug-likeness (QED) is 0.120. The van der Waals surface area contributed by atoms with Crippen molar-refractivity contribution < 1.29 is 0 Å². The molecule has 0 aliphatic rings. The van der Waals surface area contributed by atoms with E-state index >= 15 is 0 Å². The normalized spacial score (nSPS) is 11.4. The molecule has 14 rings (SSSR count). The van der Waals surface area contributed by atoms with E-state index in [2.05, 4.69) is 325 Å². The fraction of sp³-hybridized carbons (Fsp3) is 0.0263. The van der Waals surface area contributed by atoms with Gasteiger partial charge >= 0.3 is 0 Å². The monoisotopic (exact) mass is 1010 g/mol.